The predicted octanol–water partition coefficient (Wildman–Crippen LogP) is -0.856. The van der Waals surface area contributed by atoms with Crippen molar-refractivity contribution in [1.29, 1.82) is 0 Å². The number of nitrogens with zero attached hydrogens (tertiary/aromatic N) is 5. The van der Waals surface area contributed by atoms with Crippen molar-refractivity contribution in [2.24, 2.45) is 0 Å². The first-order valence-electron chi connectivity index (χ1n) is 8.97. The Balaban J connectivity index is 1.58. The van der Waals surface area contributed by atoms with Crippen molar-refractivity contribution in [3.63, 3.8) is 0 Å². The summed E-state index contributed by atoms with van der Waals surface area (Å²) in [5, 5.41) is 3.20. The molecule has 0 spiro atoms. The van der Waals surface area contributed by atoms with E-state index in [1.807, 2.05) is 0 Å². The molecule has 0 unspecified atom stereocenters. The van der Waals surface area contributed by atoms with E-state index in [-0.39, 0.29) is 17.5 Å². The maximum Gasteiger partial charge on any atom is 0.232 e. The molecule has 1 aromatic heterocycles. The lowest BCUT2D eigenvalue weighted by Gasteiger charge is -2.30. The molecule has 3 aliphatic rings. The molecule has 144 valence electrons. The molecule has 10 nitrogen and oxygen atoms in total. The smallest absolute Gasteiger partial charge is 0.232 e. The van der Waals surface area contributed by atoms with Crippen LogP contribution in [0.2, 0.25) is 0 Å². The van der Waals surface area contributed by atoms with Crippen LogP contribution in [-0.4, -0.2) is 93.5 Å². The number of aromatic nitrogens is 3. The Hall–Kier alpha value is -1.72. The van der Waals surface area contributed by atoms with Gasteiger partial charge in [-0.3, -0.25) is 0 Å². The van der Waals surface area contributed by atoms with Crippen molar-refractivity contribution in [1.82, 2.24) is 15.0 Å². The Labute approximate surface area is 152 Å². The van der Waals surface area contributed by atoms with Crippen LogP contribution in [0, 0.1) is 0 Å². The molecule has 0 bridgehead atoms. The highest BCUT2D eigenvalue weighted by Crippen LogP contribution is 2.21. The number of morpholine rings is 2. The van der Waals surface area contributed by atoms with Crippen LogP contribution in [0.3, 0.4) is 0 Å². The van der Waals surface area contributed by atoms with Crippen molar-refractivity contribution in [2.45, 2.75) is 12.5 Å². The molecule has 0 aromatic carbocycles. The van der Waals surface area contributed by atoms with E-state index in [9.17, 15) is 8.42 Å². The van der Waals surface area contributed by atoms with Gasteiger partial charge in [0.05, 0.1) is 37.9 Å². The fraction of sp³-hybridized carbons (Fsp3) is 0.800. The van der Waals surface area contributed by atoms with E-state index < -0.39 is 9.84 Å². The van der Waals surface area contributed by atoms with Crippen molar-refractivity contribution in [3.8, 4) is 0 Å². The number of rotatable bonds is 4. The number of nitrogens with one attached hydrogen (secondary N) is 1. The van der Waals surface area contributed by atoms with Crippen molar-refractivity contribution in [3.05, 3.63) is 0 Å². The molecule has 0 amide bonds. The minimum Gasteiger partial charge on any atom is -0.378 e. The number of sulfone groups is 1. The standard InChI is InChI=1S/C15H24N6O4S/c22-26(23)10-1-12(11-26)16-13-17-14(20-2-6-24-7-3-20)19-15(18-13)21-4-8-25-9-5-21/h12H,1-11H2,(H,16,17,18,19)/t12-/m0/s1. The summed E-state index contributed by atoms with van der Waals surface area (Å²) in [7, 11) is -2.96. The third-order valence-corrected chi connectivity index (χ3v) is 6.53. The van der Waals surface area contributed by atoms with Crippen LogP contribution in [-0.2, 0) is 19.3 Å². The van der Waals surface area contributed by atoms with Crippen LogP contribution in [0.15, 0.2) is 0 Å². The SMILES string of the molecule is O=S1(=O)CC[C@H](Nc2nc(N3CCOCC3)nc(N3CCOCC3)n2)C1. The molecule has 0 aliphatic carbocycles. The highest BCUT2D eigenvalue weighted by atomic mass is 32.2. The monoisotopic (exact) mass is 384 g/mol. The Morgan fingerprint density at radius 2 is 1.42 bits per heavy atom. The lowest BCUT2D eigenvalue weighted by Crippen LogP contribution is -2.40. The van der Waals surface area contributed by atoms with Crippen LogP contribution < -0.4 is 15.1 Å². The summed E-state index contributed by atoms with van der Waals surface area (Å²) >= 11 is 0. The predicted molar refractivity (Wildman–Crippen MR) is 96.6 cm³/mol. The third kappa shape index (κ3) is 4.15. The molecule has 26 heavy (non-hydrogen) atoms. The first-order valence-corrected chi connectivity index (χ1v) is 10.8. The van der Waals surface area contributed by atoms with Gasteiger partial charge in [0.1, 0.15) is 0 Å². The van der Waals surface area contributed by atoms with Gasteiger partial charge in [-0.2, -0.15) is 15.0 Å². The molecule has 3 saturated heterocycles. The molecule has 11 heteroatoms. The number of hydrogen-bond acceptors (Lipinski definition) is 10. The summed E-state index contributed by atoms with van der Waals surface area (Å²) in [5.74, 6) is 1.98. The molecular weight excluding hydrogens is 360 g/mol. The fourth-order valence-corrected chi connectivity index (χ4v) is 4.99. The highest BCUT2D eigenvalue weighted by molar-refractivity contribution is 7.91. The van der Waals surface area contributed by atoms with Crippen LogP contribution >= 0.6 is 0 Å². The molecular formula is C15H24N6O4S. The van der Waals surface area contributed by atoms with Gasteiger partial charge in [0.25, 0.3) is 0 Å². The molecule has 1 atom stereocenters. The molecule has 1 aromatic rings. The second kappa shape index (κ2) is 7.49. The molecule has 4 heterocycles. The minimum absolute atomic E-state index is 0.123. The van der Waals surface area contributed by atoms with Crippen LogP contribution in [0.4, 0.5) is 17.8 Å². The van der Waals surface area contributed by atoms with Gasteiger partial charge < -0.3 is 24.6 Å². The van der Waals surface area contributed by atoms with Crippen molar-refractivity contribution in [2.75, 3.05) is 79.2 Å². The van der Waals surface area contributed by atoms with E-state index in [4.69, 9.17) is 9.47 Å². The molecule has 3 fully saturated rings. The lowest BCUT2D eigenvalue weighted by molar-refractivity contribution is 0.121. The topological polar surface area (TPSA) is 110 Å². The molecule has 0 saturated carbocycles. The maximum absolute atomic E-state index is 11.7. The normalized spacial score (nSPS) is 26.1. The fourth-order valence-electron chi connectivity index (χ4n) is 3.32. The zero-order valence-electron chi connectivity index (χ0n) is 14.6. The zero-order valence-corrected chi connectivity index (χ0v) is 15.4. The Morgan fingerprint density at radius 3 is 1.88 bits per heavy atom. The third-order valence-electron chi connectivity index (χ3n) is 4.77. The second-order valence-corrected chi connectivity index (χ2v) is 8.93. The van der Waals surface area contributed by atoms with Gasteiger partial charge in [-0.1, -0.05) is 0 Å². The van der Waals surface area contributed by atoms with Gasteiger partial charge in [-0.05, 0) is 6.42 Å². The first kappa shape index (κ1) is 17.7. The van der Waals surface area contributed by atoms with Gasteiger partial charge >= 0.3 is 0 Å². The summed E-state index contributed by atoms with van der Waals surface area (Å²) in [6.07, 6.45) is 0.577. The lowest BCUT2D eigenvalue weighted by atomic mass is 10.3. The van der Waals surface area contributed by atoms with Gasteiger partial charge in [-0.25, -0.2) is 8.42 Å². The second-order valence-electron chi connectivity index (χ2n) is 6.70. The summed E-state index contributed by atoms with van der Waals surface area (Å²) < 4.78 is 34.3. The van der Waals surface area contributed by atoms with Crippen molar-refractivity contribution < 1.29 is 17.9 Å². The molecule has 1 N–H and O–H groups in total. The first-order chi connectivity index (χ1) is 12.6. The number of hydrogen-bond donors (Lipinski definition) is 1. The largest absolute Gasteiger partial charge is 0.378 e. The molecule has 0 radical (unpaired) electrons. The van der Waals surface area contributed by atoms with E-state index in [0.29, 0.717) is 50.7 Å². The Morgan fingerprint density at radius 1 is 0.885 bits per heavy atom. The molecule has 3 aliphatic heterocycles. The molecule has 4 rings (SSSR count). The van der Waals surface area contributed by atoms with E-state index >= 15 is 0 Å². The summed E-state index contributed by atoms with van der Waals surface area (Å²) in [6, 6.07) is -0.155. The van der Waals surface area contributed by atoms with Gasteiger partial charge in [0, 0.05) is 32.2 Å². The average Bonchev–Trinajstić information content (AvgIpc) is 3.01. The highest BCUT2D eigenvalue weighted by Gasteiger charge is 2.29. The summed E-state index contributed by atoms with van der Waals surface area (Å²) in [6.45, 7) is 5.47. The van der Waals surface area contributed by atoms with Crippen LogP contribution in [0.1, 0.15) is 6.42 Å². The number of ether oxygens (including phenoxy) is 2. The summed E-state index contributed by atoms with van der Waals surface area (Å²) in [5.41, 5.74) is 0. The van der Waals surface area contributed by atoms with E-state index in [0.717, 1.165) is 26.2 Å². The zero-order chi connectivity index (χ0) is 18.0. The maximum atomic E-state index is 11.7. The average molecular weight is 384 g/mol. The van der Waals surface area contributed by atoms with Gasteiger partial charge in [0.15, 0.2) is 9.84 Å². The van der Waals surface area contributed by atoms with Crippen LogP contribution in [0.25, 0.3) is 0 Å². The number of anilines is 3. The van der Waals surface area contributed by atoms with Gasteiger partial charge in [-0.15, -0.1) is 0 Å². The van der Waals surface area contributed by atoms with E-state index in [1.165, 1.54) is 0 Å². The minimum atomic E-state index is -2.96. The van der Waals surface area contributed by atoms with E-state index in [1.54, 1.807) is 0 Å². The quantitative estimate of drug-likeness (QED) is 0.704. The van der Waals surface area contributed by atoms with Crippen molar-refractivity contribution >= 4 is 27.7 Å². The Kier molecular flexibility index (Phi) is 5.09. The van der Waals surface area contributed by atoms with Crippen LogP contribution in [0.5, 0.6) is 0 Å². The summed E-state index contributed by atoms with van der Waals surface area (Å²) in [4.78, 5) is 17.9. The van der Waals surface area contributed by atoms with Gasteiger partial charge in [0.2, 0.25) is 17.8 Å². The van der Waals surface area contributed by atoms with E-state index in [2.05, 4.69) is 30.1 Å². The Bertz CT molecular complexity index is 697.